The van der Waals surface area contributed by atoms with Crippen molar-refractivity contribution in [3.63, 3.8) is 0 Å². The van der Waals surface area contributed by atoms with E-state index in [4.69, 9.17) is 4.74 Å². The molecule has 0 radical (unpaired) electrons. The normalized spacial score (nSPS) is 23.4. The number of para-hydroxylation sites is 1. The molecule has 1 heterocycles. The number of nitrogens with zero attached hydrogens (tertiary/aromatic N) is 1. The summed E-state index contributed by atoms with van der Waals surface area (Å²) < 4.78 is 6.12. The molecule has 1 N–H and O–H groups in total. The largest absolute Gasteiger partial charge is 0.488 e. The molecule has 0 saturated heterocycles. The summed E-state index contributed by atoms with van der Waals surface area (Å²) in [6.45, 7) is 0. The van der Waals surface area contributed by atoms with Crippen molar-refractivity contribution >= 4 is 10.9 Å². The van der Waals surface area contributed by atoms with Crippen LogP contribution in [0, 0.1) is 0 Å². The van der Waals surface area contributed by atoms with Crippen LogP contribution in [-0.2, 0) is 0 Å². The zero-order valence-electron chi connectivity index (χ0n) is 10.6. The minimum Gasteiger partial charge on any atom is -0.488 e. The van der Waals surface area contributed by atoms with Crippen molar-refractivity contribution in [2.45, 2.75) is 31.4 Å². The predicted molar refractivity (Wildman–Crippen MR) is 72.9 cm³/mol. The number of ether oxygens (including phenoxy) is 1. The van der Waals surface area contributed by atoms with Crippen LogP contribution in [0.2, 0.25) is 0 Å². The van der Waals surface area contributed by atoms with Crippen LogP contribution in [0.5, 0.6) is 5.75 Å². The van der Waals surface area contributed by atoms with Crippen LogP contribution < -0.4 is 10.1 Å². The first kappa shape index (κ1) is 11.5. The molecule has 3 rings (SSSR count). The third-order valence-corrected chi connectivity index (χ3v) is 3.68. The van der Waals surface area contributed by atoms with Gasteiger partial charge in [-0.3, -0.25) is 4.98 Å². The number of rotatable bonds is 3. The average molecular weight is 242 g/mol. The molecule has 2 unspecified atom stereocenters. The molecule has 1 aliphatic carbocycles. The summed E-state index contributed by atoms with van der Waals surface area (Å²) in [5, 5.41) is 4.46. The van der Waals surface area contributed by atoms with Gasteiger partial charge in [0.05, 0.1) is 0 Å². The zero-order chi connectivity index (χ0) is 12.4. The van der Waals surface area contributed by atoms with E-state index in [2.05, 4.69) is 22.4 Å². The maximum atomic E-state index is 6.12. The first-order valence-electron chi connectivity index (χ1n) is 6.54. The maximum absolute atomic E-state index is 6.12. The molecule has 0 bridgehead atoms. The molecule has 1 saturated carbocycles. The van der Waals surface area contributed by atoms with Crippen LogP contribution in [0.1, 0.15) is 19.3 Å². The van der Waals surface area contributed by atoms with Crippen molar-refractivity contribution in [3.8, 4) is 5.75 Å². The van der Waals surface area contributed by atoms with E-state index >= 15 is 0 Å². The van der Waals surface area contributed by atoms with Gasteiger partial charge in [-0.15, -0.1) is 0 Å². The fraction of sp³-hybridized carbons (Fsp3) is 0.400. The number of hydrogen-bond acceptors (Lipinski definition) is 3. The Bertz CT molecular complexity index is 536. The van der Waals surface area contributed by atoms with E-state index in [1.165, 1.54) is 6.42 Å². The van der Waals surface area contributed by atoms with Gasteiger partial charge in [-0.2, -0.15) is 0 Å². The van der Waals surface area contributed by atoms with Gasteiger partial charge in [0.2, 0.25) is 0 Å². The molecule has 1 aromatic carbocycles. The van der Waals surface area contributed by atoms with E-state index < -0.39 is 0 Å². The quantitative estimate of drug-likeness (QED) is 0.898. The summed E-state index contributed by atoms with van der Waals surface area (Å²) in [6, 6.07) is 10.7. The summed E-state index contributed by atoms with van der Waals surface area (Å²) in [7, 11) is 2.02. The Morgan fingerprint density at radius 2 is 2.11 bits per heavy atom. The van der Waals surface area contributed by atoms with Gasteiger partial charge in [0, 0.05) is 17.6 Å². The van der Waals surface area contributed by atoms with Crippen LogP contribution in [0.3, 0.4) is 0 Å². The number of pyridine rings is 1. The topological polar surface area (TPSA) is 34.1 Å². The van der Waals surface area contributed by atoms with Crippen molar-refractivity contribution in [2.24, 2.45) is 0 Å². The van der Waals surface area contributed by atoms with Crippen LogP contribution in [0.25, 0.3) is 10.9 Å². The van der Waals surface area contributed by atoms with Crippen molar-refractivity contribution < 1.29 is 4.74 Å². The van der Waals surface area contributed by atoms with E-state index in [-0.39, 0.29) is 0 Å². The Labute approximate surface area is 107 Å². The standard InChI is InChI=1S/C15H18N2O/c1-16-12-7-8-13(10-12)18-14-6-2-4-11-5-3-9-17-15(11)14/h2-6,9,12-13,16H,7-8,10H2,1H3. The highest BCUT2D eigenvalue weighted by atomic mass is 16.5. The third kappa shape index (κ3) is 2.18. The lowest BCUT2D eigenvalue weighted by molar-refractivity contribution is 0.209. The number of hydrogen-bond donors (Lipinski definition) is 1. The molecule has 0 amide bonds. The lowest BCUT2D eigenvalue weighted by Gasteiger charge is -2.15. The van der Waals surface area contributed by atoms with Crippen molar-refractivity contribution in [1.29, 1.82) is 0 Å². The Morgan fingerprint density at radius 1 is 1.22 bits per heavy atom. The van der Waals surface area contributed by atoms with Gasteiger partial charge in [-0.1, -0.05) is 18.2 Å². The number of nitrogens with one attached hydrogen (secondary N) is 1. The highest BCUT2D eigenvalue weighted by molar-refractivity contribution is 5.84. The number of aromatic nitrogens is 1. The van der Waals surface area contributed by atoms with E-state index in [9.17, 15) is 0 Å². The van der Waals surface area contributed by atoms with Gasteiger partial charge in [0.25, 0.3) is 0 Å². The summed E-state index contributed by atoms with van der Waals surface area (Å²) >= 11 is 0. The van der Waals surface area contributed by atoms with Gasteiger partial charge in [0.1, 0.15) is 17.4 Å². The van der Waals surface area contributed by atoms with Crippen molar-refractivity contribution in [2.75, 3.05) is 7.05 Å². The highest BCUT2D eigenvalue weighted by Gasteiger charge is 2.25. The van der Waals surface area contributed by atoms with Crippen molar-refractivity contribution in [1.82, 2.24) is 10.3 Å². The van der Waals surface area contributed by atoms with Crippen molar-refractivity contribution in [3.05, 3.63) is 36.5 Å². The van der Waals surface area contributed by atoms with Gasteiger partial charge in [-0.05, 0) is 38.4 Å². The molecule has 18 heavy (non-hydrogen) atoms. The predicted octanol–water partition coefficient (Wildman–Crippen LogP) is 2.75. The van der Waals surface area contributed by atoms with E-state index in [1.54, 1.807) is 0 Å². The van der Waals surface area contributed by atoms with Crippen LogP contribution in [-0.4, -0.2) is 24.2 Å². The molecule has 1 fully saturated rings. The van der Waals surface area contributed by atoms with E-state index in [0.29, 0.717) is 12.1 Å². The zero-order valence-corrected chi connectivity index (χ0v) is 10.6. The van der Waals surface area contributed by atoms with E-state index in [0.717, 1.165) is 29.5 Å². The fourth-order valence-corrected chi connectivity index (χ4v) is 2.66. The first-order valence-corrected chi connectivity index (χ1v) is 6.54. The summed E-state index contributed by atoms with van der Waals surface area (Å²) in [5.74, 6) is 0.912. The summed E-state index contributed by atoms with van der Waals surface area (Å²) in [4.78, 5) is 4.42. The minimum absolute atomic E-state index is 0.315. The third-order valence-electron chi connectivity index (χ3n) is 3.68. The molecule has 2 atom stereocenters. The van der Waals surface area contributed by atoms with Crippen LogP contribution in [0.15, 0.2) is 36.5 Å². The van der Waals surface area contributed by atoms with E-state index in [1.807, 2.05) is 31.4 Å². The summed E-state index contributed by atoms with van der Waals surface area (Å²) in [6.07, 6.45) is 5.53. The molecule has 3 heteroatoms. The Balaban J connectivity index is 1.83. The van der Waals surface area contributed by atoms with Gasteiger partial charge < -0.3 is 10.1 Å². The molecular formula is C15H18N2O. The summed E-state index contributed by atoms with van der Waals surface area (Å²) in [5.41, 5.74) is 0.966. The second-order valence-electron chi connectivity index (χ2n) is 4.87. The lowest BCUT2D eigenvalue weighted by atomic mass is 10.2. The minimum atomic E-state index is 0.315. The maximum Gasteiger partial charge on any atom is 0.145 e. The van der Waals surface area contributed by atoms with Crippen LogP contribution >= 0.6 is 0 Å². The van der Waals surface area contributed by atoms with Gasteiger partial charge in [0.15, 0.2) is 0 Å². The molecule has 3 nitrogen and oxygen atoms in total. The molecule has 2 aromatic rings. The molecule has 94 valence electrons. The first-order chi connectivity index (χ1) is 8.86. The Hall–Kier alpha value is -1.61. The smallest absolute Gasteiger partial charge is 0.145 e. The molecule has 1 aromatic heterocycles. The molecule has 0 aliphatic heterocycles. The van der Waals surface area contributed by atoms with Gasteiger partial charge in [-0.25, -0.2) is 0 Å². The number of fused-ring (bicyclic) bond motifs is 1. The fourth-order valence-electron chi connectivity index (χ4n) is 2.66. The average Bonchev–Trinajstić information content (AvgIpc) is 2.87. The number of benzene rings is 1. The lowest BCUT2D eigenvalue weighted by Crippen LogP contribution is -2.23. The Kier molecular flexibility index (Phi) is 3.15. The Morgan fingerprint density at radius 3 is 2.94 bits per heavy atom. The molecule has 1 aliphatic rings. The SMILES string of the molecule is CNC1CCC(Oc2cccc3cccnc23)C1. The van der Waals surface area contributed by atoms with Crippen LogP contribution in [0.4, 0.5) is 0 Å². The highest BCUT2D eigenvalue weighted by Crippen LogP contribution is 2.28. The molecular weight excluding hydrogens is 224 g/mol. The van der Waals surface area contributed by atoms with Gasteiger partial charge >= 0.3 is 0 Å². The monoisotopic (exact) mass is 242 g/mol. The molecule has 0 spiro atoms. The second kappa shape index (κ2) is 4.94. The second-order valence-corrected chi connectivity index (χ2v) is 4.87.